The zero-order valence-electron chi connectivity index (χ0n) is 13.1. The number of carbonyl (C=O) groups excluding carboxylic acids is 3. The Labute approximate surface area is 138 Å². The number of anilines is 1. The van der Waals surface area contributed by atoms with Crippen molar-refractivity contribution in [1.29, 1.82) is 0 Å². The minimum Gasteiger partial charge on any atom is -0.332 e. The first-order valence-electron chi connectivity index (χ1n) is 8.27. The molecule has 4 amide bonds. The molecule has 2 atom stereocenters. The number of hydrogen-bond donors (Lipinski definition) is 1. The molecule has 126 valence electrons. The molecule has 24 heavy (non-hydrogen) atoms. The number of halogens is 1. The van der Waals surface area contributed by atoms with E-state index in [-0.39, 0.29) is 17.9 Å². The number of rotatable bonds is 2. The van der Waals surface area contributed by atoms with Gasteiger partial charge in [-0.05, 0) is 43.5 Å². The van der Waals surface area contributed by atoms with Crippen LogP contribution in [-0.4, -0.2) is 41.4 Å². The van der Waals surface area contributed by atoms with Crippen LogP contribution in [0.1, 0.15) is 25.7 Å². The summed E-state index contributed by atoms with van der Waals surface area (Å²) in [5.74, 6) is -0.838. The molecule has 0 bridgehead atoms. The first-order chi connectivity index (χ1) is 11.6. The molecule has 0 unspecified atom stereocenters. The lowest BCUT2D eigenvalue weighted by atomic mass is 9.84. The largest absolute Gasteiger partial charge is 0.332 e. The summed E-state index contributed by atoms with van der Waals surface area (Å²) in [6.45, 7) is 0.480. The zero-order valence-corrected chi connectivity index (χ0v) is 13.1. The smallest absolute Gasteiger partial charge is 0.329 e. The minimum atomic E-state index is -0.666. The van der Waals surface area contributed by atoms with Gasteiger partial charge in [0, 0.05) is 12.5 Å². The molecule has 2 aliphatic heterocycles. The number of likely N-dealkylation sites (tertiary alicyclic amines) is 1. The van der Waals surface area contributed by atoms with Crippen LogP contribution < -0.4 is 10.2 Å². The molecule has 3 aliphatic rings. The molecule has 1 aromatic carbocycles. The maximum absolute atomic E-state index is 13.1. The molecule has 1 saturated carbocycles. The molecule has 1 aromatic rings. The topological polar surface area (TPSA) is 69.7 Å². The van der Waals surface area contributed by atoms with Crippen molar-refractivity contribution in [3.63, 3.8) is 0 Å². The number of nitrogens with zero attached hydrogens (tertiary/aromatic N) is 2. The fourth-order valence-corrected chi connectivity index (χ4v) is 3.68. The summed E-state index contributed by atoms with van der Waals surface area (Å²) in [5, 5.41) is 2.81. The molecule has 1 aliphatic carbocycles. The second kappa shape index (κ2) is 5.58. The number of urea groups is 1. The Balaban J connectivity index is 1.62. The lowest BCUT2D eigenvalue weighted by molar-refractivity contribution is -0.143. The van der Waals surface area contributed by atoms with Crippen molar-refractivity contribution in [3.05, 3.63) is 30.1 Å². The number of nitrogens with one attached hydrogen (secondary N) is 1. The number of amides is 4. The van der Waals surface area contributed by atoms with E-state index < -0.39 is 23.8 Å². The van der Waals surface area contributed by atoms with Gasteiger partial charge in [0.15, 0.2) is 0 Å². The average Bonchev–Trinajstić information content (AvgIpc) is 2.91. The van der Waals surface area contributed by atoms with Crippen molar-refractivity contribution < 1.29 is 18.8 Å². The van der Waals surface area contributed by atoms with E-state index in [1.807, 2.05) is 0 Å². The highest BCUT2D eigenvalue weighted by atomic mass is 19.1. The molecule has 0 spiro atoms. The SMILES string of the molecule is O=C1N[C@@H]2CCN(C(=O)C3CCC3)[C@H]2C(=O)N1c1ccc(F)cc1. The van der Waals surface area contributed by atoms with Crippen LogP contribution in [0.5, 0.6) is 0 Å². The quantitative estimate of drug-likeness (QED) is 0.896. The van der Waals surface area contributed by atoms with E-state index in [0.717, 1.165) is 24.2 Å². The normalized spacial score (nSPS) is 26.9. The predicted molar refractivity (Wildman–Crippen MR) is 83.7 cm³/mol. The molecular formula is C17H18FN3O3. The third-order valence-corrected chi connectivity index (χ3v) is 5.21. The van der Waals surface area contributed by atoms with Gasteiger partial charge in [-0.15, -0.1) is 0 Å². The van der Waals surface area contributed by atoms with Crippen molar-refractivity contribution in [2.24, 2.45) is 5.92 Å². The maximum Gasteiger partial charge on any atom is 0.329 e. The first-order valence-corrected chi connectivity index (χ1v) is 8.27. The van der Waals surface area contributed by atoms with Crippen LogP contribution in [0.2, 0.25) is 0 Å². The van der Waals surface area contributed by atoms with E-state index in [1.54, 1.807) is 4.90 Å². The second-order valence-electron chi connectivity index (χ2n) is 6.60. The second-order valence-corrected chi connectivity index (χ2v) is 6.60. The van der Waals surface area contributed by atoms with Gasteiger partial charge in [0.2, 0.25) is 5.91 Å². The Bertz CT molecular complexity index is 702. The van der Waals surface area contributed by atoms with E-state index in [9.17, 15) is 18.8 Å². The van der Waals surface area contributed by atoms with Crippen molar-refractivity contribution in [2.45, 2.75) is 37.8 Å². The molecule has 6 nitrogen and oxygen atoms in total. The maximum atomic E-state index is 13.1. The average molecular weight is 331 g/mol. The van der Waals surface area contributed by atoms with Crippen LogP contribution in [0.3, 0.4) is 0 Å². The van der Waals surface area contributed by atoms with Gasteiger partial charge >= 0.3 is 6.03 Å². The van der Waals surface area contributed by atoms with Crippen LogP contribution in [0.15, 0.2) is 24.3 Å². The van der Waals surface area contributed by atoms with Gasteiger partial charge in [-0.1, -0.05) is 6.42 Å². The number of carbonyl (C=O) groups is 3. The summed E-state index contributed by atoms with van der Waals surface area (Å²) in [6.07, 6.45) is 3.37. The molecule has 7 heteroatoms. The summed E-state index contributed by atoms with van der Waals surface area (Å²) < 4.78 is 13.1. The van der Waals surface area contributed by atoms with Crippen molar-refractivity contribution in [2.75, 3.05) is 11.4 Å². The van der Waals surface area contributed by atoms with Gasteiger partial charge in [0.05, 0.1) is 11.7 Å². The van der Waals surface area contributed by atoms with Crippen molar-refractivity contribution >= 4 is 23.5 Å². The zero-order chi connectivity index (χ0) is 16.8. The van der Waals surface area contributed by atoms with Gasteiger partial charge in [-0.25, -0.2) is 14.1 Å². The van der Waals surface area contributed by atoms with Gasteiger partial charge < -0.3 is 10.2 Å². The summed E-state index contributed by atoms with van der Waals surface area (Å²) >= 11 is 0. The van der Waals surface area contributed by atoms with E-state index >= 15 is 0 Å². The van der Waals surface area contributed by atoms with Crippen LogP contribution in [0.25, 0.3) is 0 Å². The van der Waals surface area contributed by atoms with Crippen molar-refractivity contribution in [1.82, 2.24) is 10.2 Å². The molecule has 0 aromatic heterocycles. The fraction of sp³-hybridized carbons (Fsp3) is 0.471. The molecule has 1 N–H and O–H groups in total. The molecular weight excluding hydrogens is 313 g/mol. The van der Waals surface area contributed by atoms with Gasteiger partial charge in [-0.2, -0.15) is 0 Å². The Morgan fingerprint density at radius 1 is 1.12 bits per heavy atom. The van der Waals surface area contributed by atoms with Gasteiger partial charge in [0.25, 0.3) is 5.91 Å². The molecule has 2 saturated heterocycles. The lowest BCUT2D eigenvalue weighted by Gasteiger charge is -2.38. The van der Waals surface area contributed by atoms with Crippen LogP contribution in [-0.2, 0) is 9.59 Å². The van der Waals surface area contributed by atoms with Crippen molar-refractivity contribution in [3.8, 4) is 0 Å². The highest BCUT2D eigenvalue weighted by Gasteiger charge is 2.51. The van der Waals surface area contributed by atoms with Crippen LogP contribution in [0.4, 0.5) is 14.9 Å². The molecule has 3 fully saturated rings. The molecule has 2 heterocycles. The minimum absolute atomic E-state index is 0.00782. The predicted octanol–water partition coefficient (Wildman–Crippen LogP) is 1.65. The third kappa shape index (κ3) is 2.26. The Kier molecular flexibility index (Phi) is 3.51. The summed E-state index contributed by atoms with van der Waals surface area (Å²) in [5.41, 5.74) is 0.306. The summed E-state index contributed by atoms with van der Waals surface area (Å²) in [7, 11) is 0. The fourth-order valence-electron chi connectivity index (χ4n) is 3.68. The summed E-state index contributed by atoms with van der Waals surface area (Å²) in [4.78, 5) is 40.4. The summed E-state index contributed by atoms with van der Waals surface area (Å²) in [6, 6.07) is 3.65. The monoisotopic (exact) mass is 331 g/mol. The third-order valence-electron chi connectivity index (χ3n) is 5.21. The Morgan fingerprint density at radius 3 is 2.46 bits per heavy atom. The lowest BCUT2D eigenvalue weighted by Crippen LogP contribution is -2.65. The Morgan fingerprint density at radius 2 is 1.83 bits per heavy atom. The number of benzene rings is 1. The van der Waals surface area contributed by atoms with Crippen LogP contribution >= 0.6 is 0 Å². The van der Waals surface area contributed by atoms with E-state index in [0.29, 0.717) is 18.7 Å². The highest BCUT2D eigenvalue weighted by Crippen LogP contribution is 2.33. The number of fused-ring (bicyclic) bond motifs is 1. The highest BCUT2D eigenvalue weighted by molar-refractivity contribution is 6.19. The standard InChI is InChI=1S/C17H18FN3O3/c18-11-4-6-12(7-5-11)21-16(23)14-13(19-17(21)24)8-9-20(14)15(22)10-2-1-3-10/h4-7,10,13-14H,1-3,8-9H2,(H,19,24)/t13-,14-/m1/s1. The van der Waals surface area contributed by atoms with E-state index in [1.165, 1.54) is 24.3 Å². The van der Waals surface area contributed by atoms with Gasteiger partial charge in [-0.3, -0.25) is 9.59 Å². The number of imide groups is 1. The molecule has 4 rings (SSSR count). The molecule has 0 radical (unpaired) electrons. The Hall–Kier alpha value is -2.44. The van der Waals surface area contributed by atoms with E-state index in [4.69, 9.17) is 0 Å². The van der Waals surface area contributed by atoms with Crippen LogP contribution in [0, 0.1) is 11.7 Å². The van der Waals surface area contributed by atoms with E-state index in [2.05, 4.69) is 5.32 Å². The van der Waals surface area contributed by atoms with Gasteiger partial charge in [0.1, 0.15) is 11.9 Å². The first kappa shape index (κ1) is 15.1. The number of hydrogen-bond acceptors (Lipinski definition) is 3.